The number of rotatable bonds is 5. The molecule has 1 aromatic heterocycles. The molecule has 0 fully saturated rings. The van der Waals surface area contributed by atoms with Crippen molar-refractivity contribution >= 4 is 63.2 Å². The second-order valence-corrected chi connectivity index (χ2v) is 9.08. The maximum atomic E-state index is 12.5. The highest BCUT2D eigenvalue weighted by Gasteiger charge is 2.15. The van der Waals surface area contributed by atoms with Crippen molar-refractivity contribution in [2.45, 2.75) is 19.8 Å². The highest BCUT2D eigenvalue weighted by molar-refractivity contribution is 7.80. The molecule has 0 bridgehead atoms. The van der Waals surface area contributed by atoms with Gasteiger partial charge in [0.25, 0.3) is 5.91 Å². The Morgan fingerprint density at radius 2 is 1.85 bits per heavy atom. The van der Waals surface area contributed by atoms with Crippen molar-refractivity contribution in [3.63, 3.8) is 0 Å². The molecule has 4 aromatic rings. The van der Waals surface area contributed by atoms with Crippen LogP contribution in [0.15, 0.2) is 59.0 Å². The van der Waals surface area contributed by atoms with Crippen molar-refractivity contribution in [3.8, 4) is 17.2 Å². The zero-order valence-corrected chi connectivity index (χ0v) is 20.9. The first-order valence-corrected chi connectivity index (χ1v) is 11.6. The van der Waals surface area contributed by atoms with E-state index in [-0.39, 0.29) is 10.1 Å². The van der Waals surface area contributed by atoms with E-state index < -0.39 is 5.91 Å². The second kappa shape index (κ2) is 10.0. The topological polar surface area (TPSA) is 76.4 Å². The van der Waals surface area contributed by atoms with Crippen LogP contribution >= 0.6 is 35.4 Å². The predicted octanol–water partition coefficient (Wildman–Crippen LogP) is 7.06. The number of methoxy groups -OCH3 is 1. The fourth-order valence-electron chi connectivity index (χ4n) is 3.33. The van der Waals surface area contributed by atoms with Crippen LogP contribution in [0.3, 0.4) is 0 Å². The number of ether oxygens (including phenoxy) is 1. The quantitative estimate of drug-likeness (QED) is 0.278. The Balaban J connectivity index is 1.56. The van der Waals surface area contributed by atoms with E-state index in [2.05, 4.69) is 29.5 Å². The molecule has 0 aliphatic carbocycles. The lowest BCUT2D eigenvalue weighted by Gasteiger charge is -2.14. The first kappa shape index (κ1) is 24.0. The van der Waals surface area contributed by atoms with E-state index in [1.807, 2.05) is 24.3 Å². The summed E-state index contributed by atoms with van der Waals surface area (Å²) in [6.45, 7) is 4.26. The SMILES string of the molecule is COc1ccc(-c2nc3cc(C(C)C)ccc3o2)cc1NC(=S)NC(=O)c1ccc(Cl)c(Cl)c1. The molecule has 0 radical (unpaired) electrons. The summed E-state index contributed by atoms with van der Waals surface area (Å²) in [5.41, 5.74) is 4.28. The van der Waals surface area contributed by atoms with Crippen LogP contribution in [0.2, 0.25) is 10.0 Å². The second-order valence-electron chi connectivity index (χ2n) is 7.85. The van der Waals surface area contributed by atoms with Crippen LogP contribution in [0, 0.1) is 0 Å². The number of hydrogen-bond donors (Lipinski definition) is 2. The van der Waals surface area contributed by atoms with E-state index in [9.17, 15) is 4.79 Å². The van der Waals surface area contributed by atoms with Crippen molar-refractivity contribution in [1.82, 2.24) is 10.3 Å². The minimum absolute atomic E-state index is 0.0886. The van der Waals surface area contributed by atoms with E-state index in [1.54, 1.807) is 31.4 Å². The maximum absolute atomic E-state index is 12.5. The minimum atomic E-state index is -0.425. The predicted molar refractivity (Wildman–Crippen MR) is 140 cm³/mol. The first-order valence-electron chi connectivity index (χ1n) is 10.4. The third kappa shape index (κ3) is 5.17. The van der Waals surface area contributed by atoms with Gasteiger partial charge in [0.2, 0.25) is 5.89 Å². The molecule has 0 atom stereocenters. The fourth-order valence-corrected chi connectivity index (χ4v) is 3.83. The summed E-state index contributed by atoms with van der Waals surface area (Å²) in [6.07, 6.45) is 0. The van der Waals surface area contributed by atoms with E-state index in [0.29, 0.717) is 39.4 Å². The molecule has 174 valence electrons. The molecule has 1 heterocycles. The van der Waals surface area contributed by atoms with Crippen LogP contribution < -0.4 is 15.4 Å². The van der Waals surface area contributed by atoms with Crippen molar-refractivity contribution in [2.24, 2.45) is 0 Å². The molecule has 0 saturated carbocycles. The lowest BCUT2D eigenvalue weighted by Crippen LogP contribution is -2.34. The average molecular weight is 514 g/mol. The number of nitrogens with zero attached hydrogens (tertiary/aromatic N) is 1. The first-order chi connectivity index (χ1) is 16.2. The zero-order chi connectivity index (χ0) is 24.4. The van der Waals surface area contributed by atoms with Crippen LogP contribution in [-0.4, -0.2) is 23.1 Å². The number of hydrogen-bond acceptors (Lipinski definition) is 5. The number of fused-ring (bicyclic) bond motifs is 1. The molecule has 34 heavy (non-hydrogen) atoms. The Hall–Kier alpha value is -3.13. The third-order valence-corrected chi connectivity index (χ3v) is 6.12. The standard InChI is InChI=1S/C25H21Cl2N3O3S/c1-13(2)14-5-9-22-20(11-14)28-24(33-22)16-6-8-21(32-3)19(12-16)29-25(34)30-23(31)15-4-7-17(26)18(27)10-15/h4-13H,1-3H3,(H2,29,30,31,34). The number of carbonyl (C=O) groups is 1. The number of benzene rings is 3. The largest absolute Gasteiger partial charge is 0.495 e. The van der Waals surface area contributed by atoms with E-state index in [0.717, 1.165) is 11.1 Å². The van der Waals surface area contributed by atoms with Crippen LogP contribution in [0.4, 0.5) is 5.69 Å². The molecule has 0 spiro atoms. The number of aromatic nitrogens is 1. The lowest BCUT2D eigenvalue weighted by molar-refractivity contribution is 0.0977. The molecule has 9 heteroatoms. The van der Waals surface area contributed by atoms with Crippen LogP contribution in [-0.2, 0) is 0 Å². The van der Waals surface area contributed by atoms with Gasteiger partial charge in [0, 0.05) is 11.1 Å². The fraction of sp³-hybridized carbons (Fsp3) is 0.160. The molecule has 1 amide bonds. The van der Waals surface area contributed by atoms with Gasteiger partial charge in [-0.3, -0.25) is 10.1 Å². The van der Waals surface area contributed by atoms with Gasteiger partial charge in [0.15, 0.2) is 10.7 Å². The van der Waals surface area contributed by atoms with Gasteiger partial charge in [-0.1, -0.05) is 43.1 Å². The summed E-state index contributed by atoms with van der Waals surface area (Å²) < 4.78 is 11.4. The monoisotopic (exact) mass is 513 g/mol. The molecular weight excluding hydrogens is 493 g/mol. The number of thiocarbonyl (C=S) groups is 1. The van der Waals surface area contributed by atoms with Gasteiger partial charge in [-0.05, 0) is 72.2 Å². The van der Waals surface area contributed by atoms with Gasteiger partial charge in [0.05, 0.1) is 22.8 Å². The van der Waals surface area contributed by atoms with Crippen LogP contribution in [0.5, 0.6) is 5.75 Å². The Bertz CT molecular complexity index is 1400. The number of anilines is 1. The van der Waals surface area contributed by atoms with E-state index >= 15 is 0 Å². The van der Waals surface area contributed by atoms with Crippen molar-refractivity contribution < 1.29 is 13.9 Å². The Morgan fingerprint density at radius 3 is 2.56 bits per heavy atom. The molecule has 0 aliphatic rings. The van der Waals surface area contributed by atoms with Gasteiger partial charge < -0.3 is 14.5 Å². The summed E-state index contributed by atoms with van der Waals surface area (Å²) in [5, 5.41) is 6.36. The van der Waals surface area contributed by atoms with Crippen LogP contribution in [0.25, 0.3) is 22.6 Å². The third-order valence-electron chi connectivity index (χ3n) is 5.18. The number of oxazole rings is 1. The summed E-state index contributed by atoms with van der Waals surface area (Å²) >= 11 is 17.2. The average Bonchev–Trinajstić information content (AvgIpc) is 3.24. The molecule has 2 N–H and O–H groups in total. The van der Waals surface area contributed by atoms with Crippen molar-refractivity contribution in [3.05, 3.63) is 75.8 Å². The summed E-state index contributed by atoms with van der Waals surface area (Å²) in [7, 11) is 1.55. The molecule has 0 unspecified atom stereocenters. The highest BCUT2D eigenvalue weighted by Crippen LogP contribution is 2.32. The smallest absolute Gasteiger partial charge is 0.257 e. The maximum Gasteiger partial charge on any atom is 0.257 e. The molecular formula is C25H21Cl2N3O3S. The summed E-state index contributed by atoms with van der Waals surface area (Å²) in [5.74, 6) is 0.966. The Kier molecular flexibility index (Phi) is 7.07. The van der Waals surface area contributed by atoms with Crippen molar-refractivity contribution in [2.75, 3.05) is 12.4 Å². The number of nitrogens with one attached hydrogen (secondary N) is 2. The molecule has 6 nitrogen and oxygen atoms in total. The number of carbonyl (C=O) groups excluding carboxylic acids is 1. The van der Waals surface area contributed by atoms with E-state index in [4.69, 9.17) is 44.6 Å². The van der Waals surface area contributed by atoms with Gasteiger partial charge in [0.1, 0.15) is 11.3 Å². The Labute approximate surface area is 212 Å². The van der Waals surface area contributed by atoms with Gasteiger partial charge in [-0.2, -0.15) is 0 Å². The summed E-state index contributed by atoms with van der Waals surface area (Å²) in [4.78, 5) is 17.2. The molecule has 3 aromatic carbocycles. The Morgan fingerprint density at radius 1 is 1.06 bits per heavy atom. The van der Waals surface area contributed by atoms with Crippen molar-refractivity contribution in [1.29, 1.82) is 0 Å². The van der Waals surface area contributed by atoms with Crippen LogP contribution in [0.1, 0.15) is 35.7 Å². The van der Waals surface area contributed by atoms with Gasteiger partial charge >= 0.3 is 0 Å². The number of amides is 1. The normalized spacial score (nSPS) is 11.0. The summed E-state index contributed by atoms with van der Waals surface area (Å²) in [6, 6.07) is 16.0. The minimum Gasteiger partial charge on any atom is -0.495 e. The zero-order valence-electron chi connectivity index (χ0n) is 18.6. The van der Waals surface area contributed by atoms with Gasteiger partial charge in [-0.15, -0.1) is 0 Å². The lowest BCUT2D eigenvalue weighted by atomic mass is 10.0. The molecule has 4 rings (SSSR count). The molecule has 0 aliphatic heterocycles. The highest BCUT2D eigenvalue weighted by atomic mass is 35.5. The van der Waals surface area contributed by atoms with E-state index in [1.165, 1.54) is 11.6 Å². The number of halogens is 2. The molecule has 0 saturated heterocycles. The van der Waals surface area contributed by atoms with Gasteiger partial charge in [-0.25, -0.2) is 4.98 Å².